The Bertz CT molecular complexity index is 729. The Balaban J connectivity index is 2.09. The number of rotatable bonds is 3. The first-order chi connectivity index (χ1) is 9.78. The third kappa shape index (κ3) is 2.26. The van der Waals surface area contributed by atoms with E-state index in [1.165, 1.54) is 12.1 Å². The summed E-state index contributed by atoms with van der Waals surface area (Å²) in [7, 11) is 0. The lowest BCUT2D eigenvalue weighted by Gasteiger charge is -1.95. The van der Waals surface area contributed by atoms with Crippen LogP contribution < -0.4 is 0 Å². The van der Waals surface area contributed by atoms with Crippen LogP contribution in [-0.4, -0.2) is 4.98 Å². The summed E-state index contributed by atoms with van der Waals surface area (Å²) in [5.74, 6) is 0.779. The van der Waals surface area contributed by atoms with Crippen molar-refractivity contribution in [3.05, 3.63) is 72.8 Å². The summed E-state index contributed by atoms with van der Waals surface area (Å²) in [4.78, 5) is 4.49. The van der Waals surface area contributed by atoms with Crippen molar-refractivity contribution in [3.8, 4) is 22.7 Å². The number of aromatic nitrogens is 1. The molecule has 0 spiro atoms. The van der Waals surface area contributed by atoms with Crippen LogP contribution in [0.5, 0.6) is 0 Å². The standard InChI is InChI=1S/C17H12FNO/c1-2-15-16(12-6-4-3-5-7-12)19-17(20-15)13-8-10-14(18)11-9-13/h2-11H,1H2. The minimum absolute atomic E-state index is 0.285. The molecule has 0 aliphatic heterocycles. The maximum atomic E-state index is 13.0. The van der Waals surface area contributed by atoms with Gasteiger partial charge in [0.25, 0.3) is 0 Å². The molecule has 0 unspecified atom stereocenters. The van der Waals surface area contributed by atoms with Gasteiger partial charge in [0.05, 0.1) is 0 Å². The molecule has 1 heterocycles. The van der Waals surface area contributed by atoms with E-state index in [4.69, 9.17) is 4.42 Å². The number of nitrogens with zero attached hydrogens (tertiary/aromatic N) is 1. The molecule has 3 aromatic rings. The third-order valence-electron chi connectivity index (χ3n) is 2.98. The fourth-order valence-corrected chi connectivity index (χ4v) is 1.99. The smallest absolute Gasteiger partial charge is 0.227 e. The van der Waals surface area contributed by atoms with Crippen molar-refractivity contribution >= 4 is 6.08 Å². The van der Waals surface area contributed by atoms with E-state index in [1.54, 1.807) is 18.2 Å². The zero-order valence-corrected chi connectivity index (χ0v) is 10.7. The summed E-state index contributed by atoms with van der Waals surface area (Å²) in [5, 5.41) is 0. The van der Waals surface area contributed by atoms with Gasteiger partial charge in [-0.15, -0.1) is 0 Å². The van der Waals surface area contributed by atoms with Crippen molar-refractivity contribution < 1.29 is 8.81 Å². The lowest BCUT2D eigenvalue weighted by atomic mass is 10.1. The van der Waals surface area contributed by atoms with Crippen molar-refractivity contribution in [2.24, 2.45) is 0 Å². The Morgan fingerprint density at radius 2 is 1.65 bits per heavy atom. The van der Waals surface area contributed by atoms with Crippen LogP contribution in [0.25, 0.3) is 28.8 Å². The van der Waals surface area contributed by atoms with E-state index in [1.807, 2.05) is 30.3 Å². The van der Waals surface area contributed by atoms with Crippen LogP contribution in [-0.2, 0) is 0 Å². The molecule has 2 nitrogen and oxygen atoms in total. The summed E-state index contributed by atoms with van der Waals surface area (Å²) in [6.45, 7) is 3.74. The minimum Gasteiger partial charge on any atom is -0.436 e. The summed E-state index contributed by atoms with van der Waals surface area (Å²) in [5.41, 5.74) is 2.43. The molecule has 3 rings (SSSR count). The topological polar surface area (TPSA) is 26.0 Å². The van der Waals surface area contributed by atoms with Gasteiger partial charge in [0, 0.05) is 11.1 Å². The predicted molar refractivity (Wildman–Crippen MR) is 77.4 cm³/mol. The molecule has 0 fully saturated rings. The molecule has 0 atom stereocenters. The van der Waals surface area contributed by atoms with Gasteiger partial charge in [-0.05, 0) is 30.3 Å². The Morgan fingerprint density at radius 1 is 0.950 bits per heavy atom. The van der Waals surface area contributed by atoms with E-state index in [-0.39, 0.29) is 5.82 Å². The average Bonchev–Trinajstić information content (AvgIpc) is 2.93. The molecule has 20 heavy (non-hydrogen) atoms. The lowest BCUT2D eigenvalue weighted by Crippen LogP contribution is -1.81. The molecular formula is C17H12FNO. The van der Waals surface area contributed by atoms with Crippen molar-refractivity contribution in [2.75, 3.05) is 0 Å². The second-order valence-corrected chi connectivity index (χ2v) is 4.31. The highest BCUT2D eigenvalue weighted by Crippen LogP contribution is 2.29. The molecule has 0 aliphatic carbocycles. The van der Waals surface area contributed by atoms with Crippen molar-refractivity contribution in [1.29, 1.82) is 0 Å². The second kappa shape index (κ2) is 5.13. The molecule has 0 saturated heterocycles. The van der Waals surface area contributed by atoms with E-state index in [0.717, 1.165) is 16.8 Å². The van der Waals surface area contributed by atoms with Gasteiger partial charge in [-0.2, -0.15) is 0 Å². The lowest BCUT2D eigenvalue weighted by molar-refractivity contribution is 0.565. The molecule has 0 aliphatic rings. The maximum absolute atomic E-state index is 13.0. The average molecular weight is 265 g/mol. The van der Waals surface area contributed by atoms with E-state index in [0.29, 0.717) is 11.7 Å². The van der Waals surface area contributed by atoms with Crippen LogP contribution in [0.4, 0.5) is 4.39 Å². The maximum Gasteiger partial charge on any atom is 0.227 e. The van der Waals surface area contributed by atoms with Gasteiger partial charge < -0.3 is 4.42 Å². The molecule has 3 heteroatoms. The van der Waals surface area contributed by atoms with Crippen molar-refractivity contribution in [3.63, 3.8) is 0 Å². The van der Waals surface area contributed by atoms with Crippen LogP contribution in [0.2, 0.25) is 0 Å². The summed E-state index contributed by atoms with van der Waals surface area (Å²) < 4.78 is 18.6. The number of benzene rings is 2. The molecule has 0 amide bonds. The molecule has 0 radical (unpaired) electrons. The number of hydrogen-bond acceptors (Lipinski definition) is 2. The molecule has 1 aromatic heterocycles. The zero-order valence-electron chi connectivity index (χ0n) is 10.7. The minimum atomic E-state index is -0.285. The van der Waals surface area contributed by atoms with Crippen LogP contribution in [0.3, 0.4) is 0 Å². The van der Waals surface area contributed by atoms with E-state index in [2.05, 4.69) is 11.6 Å². The highest BCUT2D eigenvalue weighted by atomic mass is 19.1. The summed E-state index contributed by atoms with van der Waals surface area (Å²) in [6, 6.07) is 15.8. The third-order valence-corrected chi connectivity index (χ3v) is 2.98. The highest BCUT2D eigenvalue weighted by Gasteiger charge is 2.13. The summed E-state index contributed by atoms with van der Waals surface area (Å²) >= 11 is 0. The SMILES string of the molecule is C=Cc1oc(-c2ccc(F)cc2)nc1-c1ccccc1. The van der Waals surface area contributed by atoms with Crippen molar-refractivity contribution in [1.82, 2.24) is 4.98 Å². The molecule has 0 N–H and O–H groups in total. The van der Waals surface area contributed by atoms with Crippen LogP contribution in [0, 0.1) is 5.82 Å². The van der Waals surface area contributed by atoms with Crippen molar-refractivity contribution in [2.45, 2.75) is 0 Å². The molecule has 2 aromatic carbocycles. The van der Waals surface area contributed by atoms with E-state index in [9.17, 15) is 4.39 Å². The number of hydrogen-bond donors (Lipinski definition) is 0. The Kier molecular flexibility index (Phi) is 3.17. The van der Waals surface area contributed by atoms with Gasteiger partial charge in [-0.1, -0.05) is 36.9 Å². The van der Waals surface area contributed by atoms with Gasteiger partial charge >= 0.3 is 0 Å². The largest absolute Gasteiger partial charge is 0.436 e. The zero-order chi connectivity index (χ0) is 13.9. The monoisotopic (exact) mass is 265 g/mol. The van der Waals surface area contributed by atoms with Gasteiger partial charge in [0.2, 0.25) is 5.89 Å². The van der Waals surface area contributed by atoms with Crippen LogP contribution >= 0.6 is 0 Å². The fraction of sp³-hybridized carbons (Fsp3) is 0. The van der Waals surface area contributed by atoms with E-state index < -0.39 is 0 Å². The second-order valence-electron chi connectivity index (χ2n) is 4.31. The Hall–Kier alpha value is -2.68. The molecule has 98 valence electrons. The van der Waals surface area contributed by atoms with Gasteiger partial charge in [0.1, 0.15) is 11.5 Å². The first-order valence-electron chi connectivity index (χ1n) is 6.22. The molecule has 0 saturated carbocycles. The number of oxazole rings is 1. The normalized spacial score (nSPS) is 10.4. The number of halogens is 1. The Labute approximate surface area is 116 Å². The molecular weight excluding hydrogens is 253 g/mol. The first-order valence-corrected chi connectivity index (χ1v) is 6.22. The molecule has 0 bridgehead atoms. The van der Waals surface area contributed by atoms with Crippen LogP contribution in [0.1, 0.15) is 5.76 Å². The summed E-state index contributed by atoms with van der Waals surface area (Å²) in [6.07, 6.45) is 1.63. The quantitative estimate of drug-likeness (QED) is 0.680. The van der Waals surface area contributed by atoms with Gasteiger partial charge in [-0.3, -0.25) is 0 Å². The predicted octanol–water partition coefficient (Wildman–Crippen LogP) is 4.79. The van der Waals surface area contributed by atoms with Crippen LogP contribution in [0.15, 0.2) is 65.6 Å². The first kappa shape index (κ1) is 12.4. The van der Waals surface area contributed by atoms with E-state index >= 15 is 0 Å². The fourth-order valence-electron chi connectivity index (χ4n) is 1.99. The van der Waals surface area contributed by atoms with Gasteiger partial charge in [0.15, 0.2) is 5.76 Å². The van der Waals surface area contributed by atoms with Gasteiger partial charge in [-0.25, -0.2) is 9.37 Å². The Morgan fingerprint density at radius 3 is 2.30 bits per heavy atom. The highest BCUT2D eigenvalue weighted by molar-refractivity contribution is 5.71.